The molecule has 1 aliphatic rings. The van der Waals surface area contributed by atoms with Gasteiger partial charge in [-0.2, -0.15) is 4.98 Å². The second-order valence-corrected chi connectivity index (χ2v) is 8.34. The first-order valence-corrected chi connectivity index (χ1v) is 10.5. The van der Waals surface area contributed by atoms with Crippen molar-refractivity contribution in [1.82, 2.24) is 19.8 Å². The van der Waals surface area contributed by atoms with Crippen LogP contribution in [0.25, 0.3) is 0 Å². The third-order valence-electron chi connectivity index (χ3n) is 4.32. The molecule has 10 heteroatoms. The smallest absolute Gasteiger partial charge is 0.258 e. The van der Waals surface area contributed by atoms with E-state index in [1.54, 1.807) is 12.1 Å². The molecule has 1 amide bonds. The van der Waals surface area contributed by atoms with Gasteiger partial charge in [-0.25, -0.2) is 12.7 Å². The Morgan fingerprint density at radius 2 is 2.00 bits per heavy atom. The molecule has 3 rings (SSSR count). The Labute approximate surface area is 157 Å². The van der Waals surface area contributed by atoms with Gasteiger partial charge in [0.1, 0.15) is 5.75 Å². The lowest BCUT2D eigenvalue weighted by Gasteiger charge is -2.28. The molecule has 0 unspecified atom stereocenters. The van der Waals surface area contributed by atoms with E-state index in [2.05, 4.69) is 15.5 Å². The third kappa shape index (κ3) is 5.51. The van der Waals surface area contributed by atoms with Crippen molar-refractivity contribution in [2.45, 2.75) is 25.3 Å². The van der Waals surface area contributed by atoms with E-state index in [1.165, 1.54) is 10.6 Å². The lowest BCUT2D eigenvalue weighted by Crippen LogP contribution is -2.37. The SMILES string of the molecule is CS(=O)(=O)N1CCC(c2noc(CNC(=O)COc3ccccc3)n2)CC1. The molecule has 0 radical (unpaired) electrons. The summed E-state index contributed by atoms with van der Waals surface area (Å²) in [5.74, 6) is 1.24. The molecule has 146 valence electrons. The number of hydrogen-bond donors (Lipinski definition) is 1. The standard InChI is InChI=1S/C17H22N4O5S/c1-27(23,24)21-9-7-13(8-10-21)17-19-16(26-20-17)11-18-15(22)12-25-14-5-3-2-4-6-14/h2-6,13H,7-12H2,1H3,(H,18,22). The maximum absolute atomic E-state index is 11.8. The van der Waals surface area contributed by atoms with Crippen LogP contribution in [0.15, 0.2) is 34.9 Å². The van der Waals surface area contributed by atoms with Crippen LogP contribution >= 0.6 is 0 Å². The Balaban J connectivity index is 1.44. The molecule has 1 fully saturated rings. The number of benzene rings is 1. The first kappa shape index (κ1) is 19.3. The number of nitrogens with zero attached hydrogens (tertiary/aromatic N) is 3. The minimum absolute atomic E-state index is 0.0533. The molecule has 9 nitrogen and oxygen atoms in total. The van der Waals surface area contributed by atoms with Gasteiger partial charge in [-0.3, -0.25) is 4.79 Å². The Kier molecular flexibility index (Phi) is 6.07. The summed E-state index contributed by atoms with van der Waals surface area (Å²) in [6, 6.07) is 9.06. The fraction of sp³-hybridized carbons (Fsp3) is 0.471. The maximum Gasteiger partial charge on any atom is 0.258 e. The molecule has 1 aliphatic heterocycles. The molecule has 27 heavy (non-hydrogen) atoms. The van der Waals surface area contributed by atoms with E-state index >= 15 is 0 Å². The molecular weight excluding hydrogens is 372 g/mol. The second kappa shape index (κ2) is 8.49. The quantitative estimate of drug-likeness (QED) is 0.742. The molecular formula is C17H22N4O5S. The van der Waals surface area contributed by atoms with Gasteiger partial charge in [-0.1, -0.05) is 23.4 Å². The Morgan fingerprint density at radius 3 is 2.67 bits per heavy atom. The molecule has 0 saturated carbocycles. The van der Waals surface area contributed by atoms with Crippen LogP contribution in [0, 0.1) is 0 Å². The zero-order valence-corrected chi connectivity index (χ0v) is 15.8. The molecule has 1 aromatic heterocycles. The molecule has 0 atom stereocenters. The number of amides is 1. The van der Waals surface area contributed by atoms with Crippen LogP contribution < -0.4 is 10.1 Å². The third-order valence-corrected chi connectivity index (χ3v) is 5.62. The van der Waals surface area contributed by atoms with E-state index in [4.69, 9.17) is 9.26 Å². The number of carbonyl (C=O) groups is 1. The normalized spacial score (nSPS) is 16.2. The largest absolute Gasteiger partial charge is 0.484 e. The summed E-state index contributed by atoms with van der Waals surface area (Å²) >= 11 is 0. The van der Waals surface area contributed by atoms with E-state index in [0.29, 0.717) is 43.4 Å². The highest BCUT2D eigenvalue weighted by atomic mass is 32.2. The van der Waals surface area contributed by atoms with Crippen LogP contribution in [0.2, 0.25) is 0 Å². The van der Waals surface area contributed by atoms with Crippen LogP contribution in [0.3, 0.4) is 0 Å². The second-order valence-electron chi connectivity index (χ2n) is 6.36. The van der Waals surface area contributed by atoms with Crippen molar-refractivity contribution < 1.29 is 22.5 Å². The first-order valence-electron chi connectivity index (χ1n) is 8.64. The zero-order valence-electron chi connectivity index (χ0n) is 15.0. The average molecular weight is 394 g/mol. The number of hydrogen-bond acceptors (Lipinski definition) is 7. The maximum atomic E-state index is 11.8. The van der Waals surface area contributed by atoms with E-state index in [1.807, 2.05) is 18.2 Å². The highest BCUT2D eigenvalue weighted by molar-refractivity contribution is 7.88. The predicted molar refractivity (Wildman–Crippen MR) is 96.5 cm³/mol. The van der Waals surface area contributed by atoms with Crippen LogP contribution in [-0.2, 0) is 21.4 Å². The average Bonchev–Trinajstić information content (AvgIpc) is 3.14. The number of carbonyl (C=O) groups excluding carboxylic acids is 1. The van der Waals surface area contributed by atoms with E-state index in [9.17, 15) is 13.2 Å². The highest BCUT2D eigenvalue weighted by Crippen LogP contribution is 2.26. The van der Waals surface area contributed by atoms with Gasteiger partial charge in [0, 0.05) is 19.0 Å². The van der Waals surface area contributed by atoms with Crippen LogP contribution in [-0.4, -0.2) is 54.7 Å². The van der Waals surface area contributed by atoms with Crippen molar-refractivity contribution in [1.29, 1.82) is 0 Å². The van der Waals surface area contributed by atoms with Gasteiger partial charge in [0.15, 0.2) is 12.4 Å². The van der Waals surface area contributed by atoms with Gasteiger partial charge in [0.25, 0.3) is 5.91 Å². The number of aromatic nitrogens is 2. The van der Waals surface area contributed by atoms with Gasteiger partial charge in [-0.15, -0.1) is 0 Å². The predicted octanol–water partition coefficient (Wildman–Crippen LogP) is 0.904. The van der Waals surface area contributed by atoms with Gasteiger partial charge >= 0.3 is 0 Å². The lowest BCUT2D eigenvalue weighted by molar-refractivity contribution is -0.123. The van der Waals surface area contributed by atoms with Crippen molar-refractivity contribution in [3.8, 4) is 5.75 Å². The molecule has 2 aromatic rings. The number of nitrogens with one attached hydrogen (secondary N) is 1. The van der Waals surface area contributed by atoms with Gasteiger partial charge in [0.2, 0.25) is 15.9 Å². The van der Waals surface area contributed by atoms with Crippen molar-refractivity contribution in [2.24, 2.45) is 0 Å². The summed E-state index contributed by atoms with van der Waals surface area (Å²) in [5, 5.41) is 6.63. The van der Waals surface area contributed by atoms with Crippen molar-refractivity contribution in [2.75, 3.05) is 26.0 Å². The first-order chi connectivity index (χ1) is 12.9. The fourth-order valence-electron chi connectivity index (χ4n) is 2.84. The minimum atomic E-state index is -3.16. The van der Waals surface area contributed by atoms with Crippen molar-refractivity contribution in [3.63, 3.8) is 0 Å². The van der Waals surface area contributed by atoms with Crippen molar-refractivity contribution >= 4 is 15.9 Å². The summed E-state index contributed by atoms with van der Waals surface area (Å²) in [6.45, 7) is 0.906. The molecule has 1 aromatic carbocycles. The van der Waals surface area contributed by atoms with E-state index < -0.39 is 10.0 Å². The molecule has 0 spiro atoms. The van der Waals surface area contributed by atoms with Crippen LogP contribution in [0.1, 0.15) is 30.5 Å². The number of ether oxygens (including phenoxy) is 1. The summed E-state index contributed by atoms with van der Waals surface area (Å²) in [7, 11) is -3.16. The highest BCUT2D eigenvalue weighted by Gasteiger charge is 2.28. The van der Waals surface area contributed by atoms with Crippen LogP contribution in [0.5, 0.6) is 5.75 Å². The monoisotopic (exact) mass is 394 g/mol. The Morgan fingerprint density at radius 1 is 1.30 bits per heavy atom. The summed E-state index contributed by atoms with van der Waals surface area (Å²) in [5.41, 5.74) is 0. The topological polar surface area (TPSA) is 115 Å². The number of piperidine rings is 1. The van der Waals surface area contributed by atoms with Crippen molar-refractivity contribution in [3.05, 3.63) is 42.0 Å². The summed E-state index contributed by atoms with van der Waals surface area (Å²) in [6.07, 6.45) is 2.50. The van der Waals surface area contributed by atoms with E-state index in [0.717, 1.165) is 0 Å². The molecule has 0 aliphatic carbocycles. The molecule has 0 bridgehead atoms. The van der Waals surface area contributed by atoms with Gasteiger partial charge < -0.3 is 14.6 Å². The van der Waals surface area contributed by atoms with E-state index in [-0.39, 0.29) is 25.0 Å². The lowest BCUT2D eigenvalue weighted by atomic mass is 9.98. The minimum Gasteiger partial charge on any atom is -0.484 e. The zero-order chi connectivity index (χ0) is 19.3. The Bertz CT molecular complexity index is 860. The summed E-state index contributed by atoms with van der Waals surface area (Å²) < 4.78 is 35.1. The van der Waals surface area contributed by atoms with Gasteiger partial charge in [-0.05, 0) is 25.0 Å². The van der Waals surface area contributed by atoms with Gasteiger partial charge in [0.05, 0.1) is 12.8 Å². The fourth-order valence-corrected chi connectivity index (χ4v) is 3.72. The summed E-state index contributed by atoms with van der Waals surface area (Å²) in [4.78, 5) is 16.2. The molecule has 1 saturated heterocycles. The Hall–Kier alpha value is -2.46. The number of rotatable bonds is 7. The molecule has 2 heterocycles. The number of para-hydroxylation sites is 1. The van der Waals surface area contributed by atoms with Crippen LogP contribution in [0.4, 0.5) is 0 Å². The number of sulfonamides is 1. The molecule has 1 N–H and O–H groups in total.